The Morgan fingerprint density at radius 2 is 1.56 bits per heavy atom. The number of aryl methyl sites for hydroxylation is 1. The van der Waals surface area contributed by atoms with E-state index in [1.807, 2.05) is 60.7 Å². The minimum atomic E-state index is -0.866. The molecular formula is C32H35N7O4. The number of hydrogen-bond acceptors (Lipinski definition) is 7. The van der Waals surface area contributed by atoms with Gasteiger partial charge < -0.3 is 26.1 Å². The summed E-state index contributed by atoms with van der Waals surface area (Å²) in [5, 5.41) is 16.2. The lowest BCUT2D eigenvalue weighted by Gasteiger charge is -2.20. The first kappa shape index (κ1) is 30.7. The number of amides is 3. The number of carbonyl (C=O) groups excluding carboxylic acids is 3. The molecule has 1 aromatic heterocycles. The van der Waals surface area contributed by atoms with Crippen molar-refractivity contribution in [3.63, 3.8) is 0 Å². The molecule has 0 fully saturated rings. The van der Waals surface area contributed by atoms with Gasteiger partial charge in [0.15, 0.2) is 0 Å². The van der Waals surface area contributed by atoms with Crippen molar-refractivity contribution in [3.05, 3.63) is 125 Å². The Bertz CT molecular complexity index is 1480. The number of hydrogen-bond donors (Lipinski definition) is 6. The van der Waals surface area contributed by atoms with Gasteiger partial charge in [0.2, 0.25) is 11.8 Å². The second-order valence-corrected chi connectivity index (χ2v) is 9.95. The Morgan fingerprint density at radius 3 is 2.21 bits per heavy atom. The highest BCUT2D eigenvalue weighted by atomic mass is 16.5. The van der Waals surface area contributed by atoms with Gasteiger partial charge in [-0.05, 0) is 29.5 Å². The average molecular weight is 582 g/mol. The summed E-state index contributed by atoms with van der Waals surface area (Å²) in [7, 11) is 0. The summed E-state index contributed by atoms with van der Waals surface area (Å²) in [5.41, 5.74) is 10.0. The Balaban J connectivity index is 1.27. The van der Waals surface area contributed by atoms with Gasteiger partial charge in [0.25, 0.3) is 0 Å². The highest BCUT2D eigenvalue weighted by molar-refractivity contribution is 6.04. The Hall–Kier alpha value is -5.29. The molecule has 11 nitrogen and oxygen atoms in total. The van der Waals surface area contributed by atoms with Gasteiger partial charge in [0.05, 0.1) is 12.4 Å². The normalized spacial score (nSPS) is 12.0. The van der Waals surface area contributed by atoms with Crippen LogP contribution in [0.25, 0.3) is 0 Å². The van der Waals surface area contributed by atoms with Crippen LogP contribution < -0.4 is 21.7 Å². The van der Waals surface area contributed by atoms with E-state index >= 15 is 0 Å². The lowest BCUT2D eigenvalue weighted by atomic mass is 10.0. The van der Waals surface area contributed by atoms with E-state index in [1.54, 1.807) is 30.5 Å². The first-order valence-corrected chi connectivity index (χ1v) is 13.9. The van der Waals surface area contributed by atoms with E-state index in [0.717, 1.165) is 16.7 Å². The predicted octanol–water partition coefficient (Wildman–Crippen LogP) is 2.97. The van der Waals surface area contributed by atoms with E-state index in [9.17, 15) is 14.4 Å². The third-order valence-electron chi connectivity index (χ3n) is 6.68. The number of imidazole rings is 1. The summed E-state index contributed by atoms with van der Waals surface area (Å²) >= 11 is 0. The number of nitrogens with one attached hydrogen (secondary N) is 5. The maximum atomic E-state index is 13.1. The van der Waals surface area contributed by atoms with Crippen molar-refractivity contribution in [1.29, 1.82) is 5.41 Å². The van der Waals surface area contributed by atoms with Gasteiger partial charge in [0.1, 0.15) is 18.5 Å². The maximum absolute atomic E-state index is 13.1. The molecule has 2 atom stereocenters. The molecule has 0 aliphatic heterocycles. The van der Waals surface area contributed by atoms with Crippen LogP contribution in [-0.4, -0.2) is 45.8 Å². The smallest absolute Gasteiger partial charge is 0.413 e. The summed E-state index contributed by atoms with van der Waals surface area (Å²) < 4.78 is 5.16. The van der Waals surface area contributed by atoms with Crippen LogP contribution in [0.15, 0.2) is 97.5 Å². The number of nitrogens with two attached hydrogens (primary N) is 1. The zero-order valence-electron chi connectivity index (χ0n) is 23.6. The molecule has 0 bridgehead atoms. The number of ether oxygens (including phenoxy) is 1. The number of nitrogens with zero attached hydrogens (tertiary/aromatic N) is 1. The zero-order valence-corrected chi connectivity index (χ0v) is 23.6. The summed E-state index contributed by atoms with van der Waals surface area (Å²) in [6.07, 6.45) is 3.68. The lowest BCUT2D eigenvalue weighted by molar-refractivity contribution is -0.129. The zero-order chi connectivity index (χ0) is 30.4. The fourth-order valence-corrected chi connectivity index (χ4v) is 4.24. The number of alkyl carbamates (subject to hydrolysis) is 1. The largest absolute Gasteiger partial charge is 0.444 e. The molecule has 3 amide bonds. The van der Waals surface area contributed by atoms with Crippen LogP contribution >= 0.6 is 0 Å². The molecule has 0 spiro atoms. The molecule has 222 valence electrons. The maximum Gasteiger partial charge on any atom is 0.413 e. The van der Waals surface area contributed by atoms with Crippen LogP contribution in [-0.2, 0) is 40.3 Å². The molecule has 4 aromatic rings. The highest BCUT2D eigenvalue weighted by Gasteiger charge is 2.24. The summed E-state index contributed by atoms with van der Waals surface area (Å²) in [5.74, 6) is -0.898. The minimum Gasteiger partial charge on any atom is -0.444 e. The quantitative estimate of drug-likeness (QED) is 0.105. The number of amidine groups is 1. The lowest BCUT2D eigenvalue weighted by Crippen LogP contribution is -2.52. The Kier molecular flexibility index (Phi) is 11.2. The van der Waals surface area contributed by atoms with Crippen molar-refractivity contribution in [2.24, 2.45) is 5.73 Å². The summed E-state index contributed by atoms with van der Waals surface area (Å²) in [4.78, 5) is 45.0. The van der Waals surface area contributed by atoms with Gasteiger partial charge in [-0.15, -0.1) is 0 Å². The van der Waals surface area contributed by atoms with Crippen LogP contribution in [0.4, 0.5) is 4.79 Å². The Labute approximate surface area is 249 Å². The highest BCUT2D eigenvalue weighted by Crippen LogP contribution is 2.08. The molecule has 3 aromatic carbocycles. The van der Waals surface area contributed by atoms with E-state index in [1.165, 1.54) is 6.33 Å². The van der Waals surface area contributed by atoms with Gasteiger partial charge in [-0.3, -0.25) is 20.3 Å². The number of carbonyl (C=O) groups is 3. The van der Waals surface area contributed by atoms with Crippen molar-refractivity contribution in [1.82, 2.24) is 25.9 Å². The molecule has 0 unspecified atom stereocenters. The van der Waals surface area contributed by atoms with Gasteiger partial charge in [0, 0.05) is 30.4 Å². The summed E-state index contributed by atoms with van der Waals surface area (Å²) in [6.45, 7) is 0.286. The first-order chi connectivity index (χ1) is 20.9. The van der Waals surface area contributed by atoms with Crippen LogP contribution in [0, 0.1) is 5.41 Å². The number of H-pyrrole nitrogens is 1. The SMILES string of the molecule is N=C(NC(=O)OCc1ccccc1)c1ccc(CNC(=O)[C@H](Cc2cnc[nH]2)NC(=O)[C@H](N)CCc2ccccc2)cc1. The minimum absolute atomic E-state index is 0.0973. The van der Waals surface area contributed by atoms with Gasteiger partial charge >= 0.3 is 6.09 Å². The van der Waals surface area contributed by atoms with Crippen LogP contribution in [0.3, 0.4) is 0 Å². The number of benzene rings is 3. The number of rotatable bonds is 13. The van der Waals surface area contributed by atoms with Crippen molar-refractivity contribution >= 4 is 23.7 Å². The van der Waals surface area contributed by atoms with Crippen LogP contribution in [0.2, 0.25) is 0 Å². The van der Waals surface area contributed by atoms with Crippen molar-refractivity contribution in [3.8, 4) is 0 Å². The molecule has 11 heteroatoms. The second kappa shape index (κ2) is 15.6. The Morgan fingerprint density at radius 1 is 0.884 bits per heavy atom. The van der Waals surface area contributed by atoms with Crippen molar-refractivity contribution < 1.29 is 19.1 Å². The third-order valence-corrected chi connectivity index (χ3v) is 6.68. The fourth-order valence-electron chi connectivity index (χ4n) is 4.24. The molecule has 0 saturated carbocycles. The van der Waals surface area contributed by atoms with Crippen LogP contribution in [0.1, 0.15) is 34.4 Å². The first-order valence-electron chi connectivity index (χ1n) is 13.9. The molecule has 0 radical (unpaired) electrons. The number of aromatic amines is 1. The van der Waals surface area contributed by atoms with Crippen LogP contribution in [0.5, 0.6) is 0 Å². The van der Waals surface area contributed by atoms with E-state index in [4.69, 9.17) is 15.9 Å². The van der Waals surface area contributed by atoms with E-state index in [0.29, 0.717) is 24.1 Å². The molecule has 0 aliphatic carbocycles. The molecule has 0 saturated heterocycles. The van der Waals surface area contributed by atoms with E-state index < -0.39 is 24.1 Å². The standard InChI is InChI=1S/C32H35N7O4/c33-27(16-13-22-7-3-1-4-8-22)30(40)38-28(17-26-19-35-21-37-26)31(41)36-18-23-11-14-25(15-12-23)29(34)39-32(42)43-20-24-9-5-2-6-10-24/h1-12,14-15,19,21,27-28H,13,16-18,20,33H2,(H,35,37)(H,36,41)(H,38,40)(H2,34,39,42)/t27-,28+/m1/s1. The van der Waals surface area contributed by atoms with E-state index in [-0.39, 0.29) is 31.3 Å². The predicted molar refractivity (Wildman–Crippen MR) is 162 cm³/mol. The topological polar surface area (TPSA) is 175 Å². The van der Waals surface area contributed by atoms with E-state index in [2.05, 4.69) is 25.9 Å². The molecule has 4 rings (SSSR count). The third kappa shape index (κ3) is 9.94. The molecule has 1 heterocycles. The van der Waals surface area contributed by atoms with Gasteiger partial charge in [-0.25, -0.2) is 9.78 Å². The van der Waals surface area contributed by atoms with Crippen molar-refractivity contribution in [2.75, 3.05) is 0 Å². The monoisotopic (exact) mass is 581 g/mol. The fraction of sp³-hybridized carbons (Fsp3) is 0.219. The molecular weight excluding hydrogens is 546 g/mol. The molecule has 7 N–H and O–H groups in total. The van der Waals surface area contributed by atoms with Gasteiger partial charge in [-0.1, -0.05) is 84.9 Å². The molecule has 43 heavy (non-hydrogen) atoms. The number of aromatic nitrogens is 2. The molecule has 0 aliphatic rings. The summed E-state index contributed by atoms with van der Waals surface area (Å²) in [6, 6.07) is 24.2. The second-order valence-electron chi connectivity index (χ2n) is 9.95. The average Bonchev–Trinajstić information content (AvgIpc) is 3.55. The van der Waals surface area contributed by atoms with Gasteiger partial charge in [-0.2, -0.15) is 0 Å². The van der Waals surface area contributed by atoms with Crippen molar-refractivity contribution in [2.45, 2.75) is 44.5 Å².